The van der Waals surface area contributed by atoms with E-state index in [0.717, 1.165) is 70.6 Å². The number of hydrogen-bond acceptors (Lipinski definition) is 6. The normalized spacial score (nSPS) is 14.0. The zero-order chi connectivity index (χ0) is 46.9. The highest BCUT2D eigenvalue weighted by Gasteiger charge is 2.26. The number of unbranched alkanes of at least 4 members (excludes halogenated alkanes) is 25. The third-order valence-corrected chi connectivity index (χ3v) is 12.3. The topological polar surface area (TPSA) is 91.3 Å². The van der Waals surface area contributed by atoms with Crippen LogP contribution in [0.15, 0.2) is 60.8 Å². The molecule has 0 aromatic heterocycles. The van der Waals surface area contributed by atoms with Crippen molar-refractivity contribution in [3.63, 3.8) is 0 Å². The monoisotopic (exact) mass is 921 g/mol. The Balaban J connectivity index is 4.15. The van der Waals surface area contributed by atoms with Crippen LogP contribution in [0.4, 0.5) is 0 Å². The fourth-order valence-corrected chi connectivity index (χ4v) is 8.03. The fraction of sp³-hybridized carbons (Fsp3) is 0.800. The largest absolute Gasteiger partial charge is 0.472 e. The van der Waals surface area contributed by atoms with Gasteiger partial charge in [0, 0.05) is 13.0 Å². The van der Waals surface area contributed by atoms with Crippen molar-refractivity contribution in [2.24, 2.45) is 0 Å². The van der Waals surface area contributed by atoms with Crippen LogP contribution < -0.4 is 0 Å². The van der Waals surface area contributed by atoms with Crippen LogP contribution in [0.5, 0.6) is 0 Å². The van der Waals surface area contributed by atoms with Gasteiger partial charge in [-0.3, -0.25) is 13.8 Å². The van der Waals surface area contributed by atoms with Crippen LogP contribution in [0.1, 0.15) is 226 Å². The lowest BCUT2D eigenvalue weighted by atomic mass is 10.0. The van der Waals surface area contributed by atoms with E-state index in [2.05, 4.69) is 74.6 Å². The highest BCUT2D eigenvalue weighted by molar-refractivity contribution is 7.47. The van der Waals surface area contributed by atoms with Crippen molar-refractivity contribution >= 4 is 13.8 Å². The van der Waals surface area contributed by atoms with Gasteiger partial charge in [0.15, 0.2) is 0 Å². The summed E-state index contributed by atoms with van der Waals surface area (Å²) in [7, 11) is 1.66. The molecule has 374 valence electrons. The van der Waals surface area contributed by atoms with Gasteiger partial charge in [0.05, 0.1) is 34.4 Å². The van der Waals surface area contributed by atoms with Crippen LogP contribution in [0, 0.1) is 0 Å². The first-order valence-corrected chi connectivity index (χ1v) is 28.0. The second-order valence-electron chi connectivity index (χ2n) is 18.9. The first-order valence-electron chi connectivity index (χ1n) is 26.5. The summed E-state index contributed by atoms with van der Waals surface area (Å²) in [6.07, 6.45) is 61.2. The Morgan fingerprint density at radius 3 is 1.36 bits per heavy atom. The van der Waals surface area contributed by atoms with Gasteiger partial charge < -0.3 is 18.9 Å². The number of nitrogens with zero attached hydrogens (tertiary/aromatic N) is 1. The van der Waals surface area contributed by atoms with Gasteiger partial charge in [0.25, 0.3) is 0 Å². The van der Waals surface area contributed by atoms with Gasteiger partial charge in [0.2, 0.25) is 0 Å². The van der Waals surface area contributed by atoms with Crippen molar-refractivity contribution in [3.8, 4) is 0 Å². The fourth-order valence-electron chi connectivity index (χ4n) is 7.29. The van der Waals surface area contributed by atoms with Crippen molar-refractivity contribution in [2.75, 3.05) is 54.1 Å². The van der Waals surface area contributed by atoms with Gasteiger partial charge in [-0.05, 0) is 57.8 Å². The third kappa shape index (κ3) is 51.2. The summed E-state index contributed by atoms with van der Waals surface area (Å²) in [5, 5.41) is 0. The molecule has 0 aromatic rings. The van der Waals surface area contributed by atoms with E-state index in [1.165, 1.54) is 135 Å². The number of esters is 1. The Labute approximate surface area is 396 Å². The SMILES string of the molecule is CC/C=C\C/C=C\C/C=C\C/C=C\C/C=C\CCCCCCCCCC(=O)OC(COCCCCCCCCCCCCCCCCCCCCC)COP(=O)(O)OCC[N+](C)(C)C. The summed E-state index contributed by atoms with van der Waals surface area (Å²) in [6.45, 7) is 5.53. The number of carbonyl (C=O) groups excluding carboxylic acids is 1. The first kappa shape index (κ1) is 62.2. The number of quaternary nitrogens is 1. The maximum atomic E-state index is 12.8. The minimum absolute atomic E-state index is 0.0853. The summed E-state index contributed by atoms with van der Waals surface area (Å²) < 4.78 is 35.2. The molecule has 0 amide bonds. The summed E-state index contributed by atoms with van der Waals surface area (Å²) in [5.74, 6) is -0.323. The molecule has 0 saturated carbocycles. The number of allylic oxidation sites excluding steroid dienone is 10. The van der Waals surface area contributed by atoms with Crippen molar-refractivity contribution in [3.05, 3.63) is 60.8 Å². The Morgan fingerprint density at radius 2 is 0.906 bits per heavy atom. The van der Waals surface area contributed by atoms with Gasteiger partial charge in [-0.1, -0.05) is 222 Å². The number of rotatable bonds is 49. The highest BCUT2D eigenvalue weighted by Crippen LogP contribution is 2.43. The molecule has 0 aliphatic carbocycles. The van der Waals surface area contributed by atoms with Crippen LogP contribution in [0.2, 0.25) is 0 Å². The molecule has 0 aromatic carbocycles. The zero-order valence-corrected chi connectivity index (χ0v) is 43.4. The maximum absolute atomic E-state index is 12.8. The number of hydrogen-bond donors (Lipinski definition) is 1. The molecule has 8 nitrogen and oxygen atoms in total. The van der Waals surface area contributed by atoms with Crippen LogP contribution in [0.3, 0.4) is 0 Å². The lowest BCUT2D eigenvalue weighted by Gasteiger charge is -2.24. The molecule has 0 saturated heterocycles. The standard InChI is InChI=1S/C55H102NO7P/c1-6-8-10-12-14-16-18-20-22-24-26-27-28-29-30-32-34-36-38-40-42-44-46-48-55(57)63-54(53-62-64(58,59)61-51-49-56(3,4)5)52-60-50-47-45-43-41-39-37-35-33-31-25-23-21-19-17-15-13-11-9-7-2/h8,10,14,16,20,22,26-27,29-30,54H,6-7,9,11-13,15,17-19,21,23-25,28,31-53H2,1-5H3/p+1/b10-8-,16-14-,22-20-,27-26-,30-29-. The molecule has 9 heteroatoms. The predicted molar refractivity (Wildman–Crippen MR) is 275 cm³/mol. The number of carbonyl (C=O) groups is 1. The van der Waals surface area contributed by atoms with Crippen LogP contribution in [-0.2, 0) is 27.9 Å². The van der Waals surface area contributed by atoms with Crippen LogP contribution in [-0.4, -0.2) is 75.6 Å². The lowest BCUT2D eigenvalue weighted by Crippen LogP contribution is -2.37. The minimum atomic E-state index is -4.29. The number of phosphoric ester groups is 1. The van der Waals surface area contributed by atoms with Gasteiger partial charge in [-0.25, -0.2) is 4.57 Å². The molecular weight excluding hydrogens is 818 g/mol. The minimum Gasteiger partial charge on any atom is -0.457 e. The summed E-state index contributed by atoms with van der Waals surface area (Å²) >= 11 is 0. The zero-order valence-electron chi connectivity index (χ0n) is 42.5. The molecular formula is C55H103NO7P+. The van der Waals surface area contributed by atoms with Crippen molar-refractivity contribution in [2.45, 2.75) is 232 Å². The Kier molecular flexibility index (Phi) is 46.3. The van der Waals surface area contributed by atoms with E-state index in [1.54, 1.807) is 0 Å². The van der Waals surface area contributed by atoms with Gasteiger partial charge in [-0.15, -0.1) is 0 Å². The molecule has 0 spiro atoms. The summed E-state index contributed by atoms with van der Waals surface area (Å²) in [5.41, 5.74) is 0. The average molecular weight is 921 g/mol. The Bertz CT molecular complexity index is 1210. The molecule has 1 N–H and O–H groups in total. The lowest BCUT2D eigenvalue weighted by molar-refractivity contribution is -0.870. The maximum Gasteiger partial charge on any atom is 0.472 e. The molecule has 0 fully saturated rings. The Hall–Kier alpha value is -1.80. The molecule has 0 aliphatic heterocycles. The van der Waals surface area contributed by atoms with E-state index < -0.39 is 13.9 Å². The summed E-state index contributed by atoms with van der Waals surface area (Å²) in [6, 6.07) is 0. The van der Waals surface area contributed by atoms with Crippen molar-refractivity contribution in [1.29, 1.82) is 0 Å². The van der Waals surface area contributed by atoms with E-state index in [4.69, 9.17) is 18.5 Å². The van der Waals surface area contributed by atoms with E-state index >= 15 is 0 Å². The van der Waals surface area contributed by atoms with E-state index in [-0.39, 0.29) is 25.8 Å². The third-order valence-electron chi connectivity index (χ3n) is 11.3. The van der Waals surface area contributed by atoms with E-state index in [0.29, 0.717) is 24.1 Å². The molecule has 2 unspecified atom stereocenters. The van der Waals surface area contributed by atoms with Crippen molar-refractivity contribution < 1.29 is 37.3 Å². The molecule has 0 bridgehead atoms. The molecule has 0 heterocycles. The van der Waals surface area contributed by atoms with Gasteiger partial charge in [0.1, 0.15) is 19.3 Å². The number of phosphoric acid groups is 1. The molecule has 0 aliphatic rings. The van der Waals surface area contributed by atoms with Crippen molar-refractivity contribution in [1.82, 2.24) is 0 Å². The van der Waals surface area contributed by atoms with Crippen LogP contribution >= 0.6 is 7.82 Å². The van der Waals surface area contributed by atoms with E-state index in [9.17, 15) is 14.3 Å². The predicted octanol–water partition coefficient (Wildman–Crippen LogP) is 16.4. The first-order chi connectivity index (χ1) is 31.1. The van der Waals surface area contributed by atoms with Crippen LogP contribution in [0.25, 0.3) is 0 Å². The second kappa shape index (κ2) is 47.7. The molecule has 0 rings (SSSR count). The second-order valence-corrected chi connectivity index (χ2v) is 20.3. The Morgan fingerprint density at radius 1 is 0.500 bits per heavy atom. The average Bonchev–Trinajstić information content (AvgIpc) is 3.25. The van der Waals surface area contributed by atoms with E-state index in [1.807, 2.05) is 21.1 Å². The molecule has 0 radical (unpaired) electrons. The quantitative estimate of drug-likeness (QED) is 0.0214. The summed E-state index contributed by atoms with van der Waals surface area (Å²) in [4.78, 5) is 23.0. The van der Waals surface area contributed by atoms with Gasteiger partial charge in [-0.2, -0.15) is 0 Å². The molecule has 64 heavy (non-hydrogen) atoms. The van der Waals surface area contributed by atoms with Gasteiger partial charge >= 0.3 is 13.8 Å². The highest BCUT2D eigenvalue weighted by atomic mass is 31.2. The number of ether oxygens (including phenoxy) is 2. The molecule has 2 atom stereocenters. The number of likely N-dealkylation sites (N-methyl/N-ethyl adjacent to an activating group) is 1. The smallest absolute Gasteiger partial charge is 0.457 e.